The van der Waals surface area contributed by atoms with Crippen LogP contribution >= 0.6 is 11.6 Å². The summed E-state index contributed by atoms with van der Waals surface area (Å²) in [5, 5.41) is 9.04. The van der Waals surface area contributed by atoms with Crippen molar-refractivity contribution in [3.05, 3.63) is 34.6 Å². The number of aliphatic carboxylic acids is 1. The lowest BCUT2D eigenvalue weighted by molar-refractivity contribution is -0.138. The van der Waals surface area contributed by atoms with Crippen LogP contribution in [0, 0.1) is 11.7 Å². The van der Waals surface area contributed by atoms with Gasteiger partial charge in [0.2, 0.25) is 0 Å². The van der Waals surface area contributed by atoms with E-state index in [2.05, 4.69) is 0 Å². The molecule has 0 aliphatic carbocycles. The van der Waals surface area contributed by atoms with Crippen LogP contribution in [-0.4, -0.2) is 35.0 Å². The summed E-state index contributed by atoms with van der Waals surface area (Å²) in [5.74, 6) is -2.00. The van der Waals surface area contributed by atoms with Gasteiger partial charge in [0, 0.05) is 24.5 Å². The minimum atomic E-state index is -0.873. The number of amides is 1. The van der Waals surface area contributed by atoms with Gasteiger partial charge in [-0.05, 0) is 37.0 Å². The van der Waals surface area contributed by atoms with E-state index in [-0.39, 0.29) is 22.9 Å². The summed E-state index contributed by atoms with van der Waals surface area (Å²) in [6, 6.07) is 3.94. The Bertz CT molecular complexity index is 535. The van der Waals surface area contributed by atoms with E-state index in [0.29, 0.717) is 13.1 Å². The molecule has 1 amide bonds. The highest BCUT2D eigenvalue weighted by molar-refractivity contribution is 6.30. The van der Waals surface area contributed by atoms with E-state index in [9.17, 15) is 14.0 Å². The van der Waals surface area contributed by atoms with E-state index in [1.165, 1.54) is 17.0 Å². The lowest BCUT2D eigenvalue weighted by atomic mass is 9.94. The van der Waals surface area contributed by atoms with Gasteiger partial charge in [0.1, 0.15) is 5.82 Å². The fourth-order valence-corrected chi connectivity index (χ4v) is 2.66. The van der Waals surface area contributed by atoms with Crippen LogP contribution in [-0.2, 0) is 4.79 Å². The Kier molecular flexibility index (Phi) is 4.60. The van der Waals surface area contributed by atoms with Crippen LogP contribution < -0.4 is 0 Å². The molecule has 20 heavy (non-hydrogen) atoms. The number of hydrogen-bond donors (Lipinski definition) is 1. The molecule has 2 rings (SSSR count). The van der Waals surface area contributed by atoms with Crippen molar-refractivity contribution in [2.75, 3.05) is 13.1 Å². The summed E-state index contributed by atoms with van der Waals surface area (Å²) in [6.45, 7) is 0.879. The maximum absolute atomic E-state index is 13.7. The maximum Gasteiger partial charge on any atom is 0.303 e. The largest absolute Gasteiger partial charge is 0.481 e. The van der Waals surface area contributed by atoms with E-state index in [1.807, 2.05) is 0 Å². The number of carbonyl (C=O) groups excluding carboxylic acids is 1. The van der Waals surface area contributed by atoms with Crippen LogP contribution in [0.2, 0.25) is 5.02 Å². The second-order valence-electron chi connectivity index (χ2n) is 4.98. The molecule has 1 atom stereocenters. The van der Waals surface area contributed by atoms with Crippen molar-refractivity contribution in [2.24, 2.45) is 5.92 Å². The van der Waals surface area contributed by atoms with Gasteiger partial charge in [0.15, 0.2) is 0 Å². The van der Waals surface area contributed by atoms with Gasteiger partial charge >= 0.3 is 5.97 Å². The van der Waals surface area contributed by atoms with Crippen LogP contribution in [0.15, 0.2) is 18.2 Å². The summed E-state index contributed by atoms with van der Waals surface area (Å²) in [4.78, 5) is 24.5. The molecule has 1 aliphatic rings. The molecule has 1 aromatic rings. The number of halogens is 2. The first-order valence-electron chi connectivity index (χ1n) is 6.43. The highest BCUT2D eigenvalue weighted by Crippen LogP contribution is 2.23. The zero-order chi connectivity index (χ0) is 14.7. The Balaban J connectivity index is 2.10. The van der Waals surface area contributed by atoms with Crippen LogP contribution in [0.25, 0.3) is 0 Å². The number of benzene rings is 1. The lowest BCUT2D eigenvalue weighted by Crippen LogP contribution is -2.40. The summed E-state index contributed by atoms with van der Waals surface area (Å²) in [6.07, 6.45) is 1.55. The predicted octanol–water partition coefficient (Wildman–Crippen LogP) is 2.81. The molecule has 0 bridgehead atoms. The summed E-state index contributed by atoms with van der Waals surface area (Å²) < 4.78 is 13.7. The topological polar surface area (TPSA) is 57.6 Å². The number of carboxylic acid groups (broad SMARTS) is 1. The second kappa shape index (κ2) is 6.22. The number of likely N-dealkylation sites (tertiary alicyclic amines) is 1. The Hall–Kier alpha value is -1.62. The molecule has 4 nitrogen and oxygen atoms in total. The highest BCUT2D eigenvalue weighted by Gasteiger charge is 2.27. The summed E-state index contributed by atoms with van der Waals surface area (Å²) in [7, 11) is 0. The molecule has 1 unspecified atom stereocenters. The molecule has 0 aromatic heterocycles. The van der Waals surface area contributed by atoms with Gasteiger partial charge in [-0.15, -0.1) is 0 Å². The van der Waals surface area contributed by atoms with Gasteiger partial charge in [-0.3, -0.25) is 9.59 Å². The van der Waals surface area contributed by atoms with Gasteiger partial charge in [-0.1, -0.05) is 11.6 Å². The van der Waals surface area contributed by atoms with Gasteiger partial charge in [0.05, 0.1) is 5.56 Å². The average Bonchev–Trinajstić information content (AvgIpc) is 2.37. The van der Waals surface area contributed by atoms with Gasteiger partial charge in [-0.25, -0.2) is 4.39 Å². The normalized spacial score (nSPS) is 18.9. The third-order valence-corrected chi connectivity index (χ3v) is 3.67. The minimum absolute atomic E-state index is 0.0228. The van der Waals surface area contributed by atoms with Crippen LogP contribution in [0.3, 0.4) is 0 Å². The van der Waals surface area contributed by atoms with Crippen molar-refractivity contribution in [1.29, 1.82) is 0 Å². The summed E-state index contributed by atoms with van der Waals surface area (Å²) in [5.41, 5.74) is -0.0228. The average molecular weight is 300 g/mol. The van der Waals surface area contributed by atoms with Crippen LogP contribution in [0.4, 0.5) is 4.39 Å². The molecule has 0 spiro atoms. The van der Waals surface area contributed by atoms with E-state index >= 15 is 0 Å². The Labute approximate surface area is 121 Å². The lowest BCUT2D eigenvalue weighted by Gasteiger charge is -2.32. The predicted molar refractivity (Wildman–Crippen MR) is 72.3 cm³/mol. The molecule has 0 radical (unpaired) electrons. The number of carboxylic acids is 1. The summed E-state index contributed by atoms with van der Waals surface area (Å²) >= 11 is 5.66. The molecule has 108 valence electrons. The molecule has 1 heterocycles. The van der Waals surface area contributed by atoms with Gasteiger partial charge in [0.25, 0.3) is 5.91 Å². The van der Waals surface area contributed by atoms with Crippen molar-refractivity contribution in [3.8, 4) is 0 Å². The van der Waals surface area contributed by atoms with Gasteiger partial charge < -0.3 is 10.0 Å². The highest BCUT2D eigenvalue weighted by atomic mass is 35.5. The van der Waals surface area contributed by atoms with Crippen LogP contribution in [0.5, 0.6) is 0 Å². The molecule has 6 heteroatoms. The Morgan fingerprint density at radius 3 is 2.85 bits per heavy atom. The van der Waals surface area contributed by atoms with E-state index in [4.69, 9.17) is 16.7 Å². The number of hydrogen-bond acceptors (Lipinski definition) is 2. The van der Waals surface area contributed by atoms with E-state index < -0.39 is 17.7 Å². The molecule has 1 saturated heterocycles. The van der Waals surface area contributed by atoms with E-state index in [1.54, 1.807) is 0 Å². The number of carbonyl (C=O) groups is 2. The zero-order valence-electron chi connectivity index (χ0n) is 10.8. The first-order chi connectivity index (χ1) is 9.47. The SMILES string of the molecule is O=C(O)CC1CCCN(C(=O)c2ccc(Cl)cc2F)C1. The molecule has 1 fully saturated rings. The van der Waals surface area contributed by atoms with Crippen molar-refractivity contribution in [1.82, 2.24) is 4.90 Å². The third-order valence-electron chi connectivity index (χ3n) is 3.43. The van der Waals surface area contributed by atoms with Crippen LogP contribution in [0.1, 0.15) is 29.6 Å². The monoisotopic (exact) mass is 299 g/mol. The quantitative estimate of drug-likeness (QED) is 0.933. The molecular weight excluding hydrogens is 285 g/mol. The van der Waals surface area contributed by atoms with Gasteiger partial charge in [-0.2, -0.15) is 0 Å². The molecule has 1 aromatic carbocycles. The smallest absolute Gasteiger partial charge is 0.303 e. The van der Waals surface area contributed by atoms with E-state index in [0.717, 1.165) is 18.9 Å². The molecular formula is C14H15ClFNO3. The Morgan fingerprint density at radius 1 is 1.45 bits per heavy atom. The molecule has 1 N–H and O–H groups in total. The fourth-order valence-electron chi connectivity index (χ4n) is 2.50. The van der Waals surface area contributed by atoms with Crippen molar-refractivity contribution in [3.63, 3.8) is 0 Å². The Morgan fingerprint density at radius 2 is 2.20 bits per heavy atom. The molecule has 0 saturated carbocycles. The van der Waals surface area contributed by atoms with Crippen molar-refractivity contribution >= 4 is 23.5 Å². The fraction of sp³-hybridized carbons (Fsp3) is 0.429. The third kappa shape index (κ3) is 3.48. The minimum Gasteiger partial charge on any atom is -0.481 e. The molecule has 1 aliphatic heterocycles. The van der Waals surface area contributed by atoms with Crippen molar-refractivity contribution < 1.29 is 19.1 Å². The number of piperidine rings is 1. The zero-order valence-corrected chi connectivity index (χ0v) is 11.6. The first-order valence-corrected chi connectivity index (χ1v) is 6.81. The number of nitrogens with zero attached hydrogens (tertiary/aromatic N) is 1. The first kappa shape index (κ1) is 14.8. The second-order valence-corrected chi connectivity index (χ2v) is 5.42. The number of rotatable bonds is 3. The maximum atomic E-state index is 13.7. The standard InChI is InChI=1S/C14H15ClFNO3/c15-10-3-4-11(12(16)7-10)14(20)17-5-1-2-9(8-17)6-13(18)19/h3-4,7,9H,1-2,5-6,8H2,(H,18,19). The van der Waals surface area contributed by atoms with Crippen molar-refractivity contribution in [2.45, 2.75) is 19.3 Å².